The third-order valence-electron chi connectivity index (χ3n) is 5.18. The molecule has 0 spiro atoms. The fourth-order valence-corrected chi connectivity index (χ4v) is 6.05. The number of sulfonamides is 1. The number of methoxy groups -OCH3 is 1. The van der Waals surface area contributed by atoms with Crippen LogP contribution in [-0.4, -0.2) is 51.2 Å². The standard InChI is InChI=1S/C23H24BrN5O6S2/c1-23(2,3)35-22(31)28-11-18(24)17-7-8-19(27-20(17)28)37(32,33)29(21-25-13-26-36-21)10-14-5-6-16(34-4)9-15(14)12-30/h5-9,11,13,30H,10,12H2,1-4H3. The lowest BCUT2D eigenvalue weighted by Gasteiger charge is -2.22. The number of benzene rings is 1. The smallest absolute Gasteiger partial charge is 0.420 e. The van der Waals surface area contributed by atoms with Crippen LogP contribution >= 0.6 is 27.5 Å². The summed E-state index contributed by atoms with van der Waals surface area (Å²) in [6, 6.07) is 7.90. The molecule has 0 fully saturated rings. The second-order valence-corrected chi connectivity index (χ2v) is 12.3. The van der Waals surface area contributed by atoms with Gasteiger partial charge in [0.15, 0.2) is 10.7 Å². The molecule has 0 radical (unpaired) electrons. The van der Waals surface area contributed by atoms with Crippen molar-refractivity contribution in [3.8, 4) is 5.75 Å². The molecule has 0 amide bonds. The number of carbonyl (C=O) groups is 1. The monoisotopic (exact) mass is 609 g/mol. The van der Waals surface area contributed by atoms with Crippen LogP contribution in [0.4, 0.5) is 9.93 Å². The highest BCUT2D eigenvalue weighted by Gasteiger charge is 2.31. The van der Waals surface area contributed by atoms with E-state index in [0.29, 0.717) is 26.7 Å². The number of carbonyl (C=O) groups excluding carboxylic acids is 1. The Morgan fingerprint density at radius 3 is 2.59 bits per heavy atom. The Morgan fingerprint density at radius 1 is 1.22 bits per heavy atom. The largest absolute Gasteiger partial charge is 0.497 e. The molecule has 1 N–H and O–H groups in total. The summed E-state index contributed by atoms with van der Waals surface area (Å²) >= 11 is 4.29. The first-order chi connectivity index (χ1) is 17.4. The van der Waals surface area contributed by atoms with Crippen LogP contribution in [0.5, 0.6) is 5.75 Å². The SMILES string of the molecule is COc1ccc(CN(c2ncns2)S(=O)(=O)c2ccc3c(Br)cn(C(=O)OC(C)(C)C)c3n2)c(CO)c1. The minimum atomic E-state index is -4.29. The van der Waals surface area contributed by atoms with Gasteiger partial charge in [0.25, 0.3) is 10.0 Å². The summed E-state index contributed by atoms with van der Waals surface area (Å²) in [7, 11) is -2.78. The van der Waals surface area contributed by atoms with E-state index in [1.54, 1.807) is 45.0 Å². The maximum atomic E-state index is 13.9. The molecule has 0 aliphatic heterocycles. The van der Waals surface area contributed by atoms with E-state index in [1.807, 2.05) is 0 Å². The summed E-state index contributed by atoms with van der Waals surface area (Å²) < 4.78 is 45.2. The zero-order valence-corrected chi connectivity index (χ0v) is 23.6. The zero-order chi connectivity index (χ0) is 27.0. The van der Waals surface area contributed by atoms with Crippen molar-refractivity contribution in [2.45, 2.75) is 44.5 Å². The summed E-state index contributed by atoms with van der Waals surface area (Å²) in [5.41, 5.74) is 0.388. The van der Waals surface area contributed by atoms with E-state index >= 15 is 0 Å². The van der Waals surface area contributed by atoms with E-state index in [2.05, 4.69) is 30.3 Å². The van der Waals surface area contributed by atoms with E-state index in [-0.39, 0.29) is 29.0 Å². The summed E-state index contributed by atoms with van der Waals surface area (Å²) in [6.07, 6.45) is 2.04. The number of nitrogens with zero attached hydrogens (tertiary/aromatic N) is 5. The Balaban J connectivity index is 1.81. The third kappa shape index (κ3) is 5.61. The van der Waals surface area contributed by atoms with E-state index < -0.39 is 21.7 Å². The van der Waals surface area contributed by atoms with Gasteiger partial charge in [0.1, 0.15) is 17.7 Å². The molecule has 3 heterocycles. The van der Waals surface area contributed by atoms with Crippen LogP contribution in [0.25, 0.3) is 11.0 Å². The number of fused-ring (bicyclic) bond motifs is 1. The Bertz CT molecular complexity index is 1550. The molecule has 0 bridgehead atoms. The molecule has 14 heteroatoms. The minimum Gasteiger partial charge on any atom is -0.497 e. The number of hydrogen-bond donors (Lipinski definition) is 1. The molecule has 0 unspecified atom stereocenters. The van der Waals surface area contributed by atoms with Crippen LogP contribution in [-0.2, 0) is 27.9 Å². The number of aliphatic hydroxyl groups is 1. The lowest BCUT2D eigenvalue weighted by molar-refractivity contribution is 0.0543. The van der Waals surface area contributed by atoms with Gasteiger partial charge in [-0.1, -0.05) is 6.07 Å². The number of anilines is 1. The number of pyridine rings is 1. The van der Waals surface area contributed by atoms with Gasteiger partial charge < -0.3 is 14.6 Å². The number of hydrogen-bond acceptors (Lipinski definition) is 10. The van der Waals surface area contributed by atoms with E-state index in [1.165, 1.54) is 25.7 Å². The van der Waals surface area contributed by atoms with Crippen LogP contribution in [0.3, 0.4) is 0 Å². The summed E-state index contributed by atoms with van der Waals surface area (Å²) in [5, 5.41) is 10.2. The highest BCUT2D eigenvalue weighted by molar-refractivity contribution is 9.10. The lowest BCUT2D eigenvalue weighted by Crippen LogP contribution is -2.32. The van der Waals surface area contributed by atoms with Crippen molar-refractivity contribution in [3.05, 3.63) is 58.5 Å². The Labute approximate surface area is 226 Å². The molecule has 4 rings (SSSR count). The highest BCUT2D eigenvalue weighted by atomic mass is 79.9. The van der Waals surface area contributed by atoms with Gasteiger partial charge in [-0.25, -0.2) is 23.6 Å². The predicted octanol–water partition coefficient (Wildman–Crippen LogP) is 4.33. The van der Waals surface area contributed by atoms with Gasteiger partial charge >= 0.3 is 6.09 Å². The quantitative estimate of drug-likeness (QED) is 0.324. The normalized spacial score (nSPS) is 12.1. The van der Waals surface area contributed by atoms with Crippen LogP contribution in [0.2, 0.25) is 0 Å². The summed E-state index contributed by atoms with van der Waals surface area (Å²) in [4.78, 5) is 21.3. The van der Waals surface area contributed by atoms with Gasteiger partial charge in [0, 0.05) is 27.6 Å². The Hall–Kier alpha value is -3.07. The maximum absolute atomic E-state index is 13.9. The van der Waals surface area contributed by atoms with E-state index in [9.17, 15) is 18.3 Å². The lowest BCUT2D eigenvalue weighted by atomic mass is 10.1. The summed E-state index contributed by atoms with van der Waals surface area (Å²) in [5.74, 6) is 0.527. The molecule has 4 aromatic rings. The molecule has 0 saturated heterocycles. The second-order valence-electron chi connectivity index (χ2n) is 8.88. The number of aliphatic hydroxyl groups excluding tert-OH is 1. The molecule has 11 nitrogen and oxygen atoms in total. The minimum absolute atomic E-state index is 0.111. The molecule has 0 aliphatic rings. The third-order valence-corrected chi connectivity index (χ3v) is 8.26. The second kappa shape index (κ2) is 10.4. The van der Waals surface area contributed by atoms with Gasteiger partial charge in [0.05, 0.1) is 20.3 Å². The van der Waals surface area contributed by atoms with Crippen molar-refractivity contribution in [2.24, 2.45) is 0 Å². The maximum Gasteiger partial charge on any atom is 0.420 e. The molecule has 1 aromatic carbocycles. The highest BCUT2D eigenvalue weighted by Crippen LogP contribution is 2.31. The average molecular weight is 611 g/mol. The average Bonchev–Trinajstić information content (AvgIpc) is 3.49. The van der Waals surface area contributed by atoms with Gasteiger partial charge in [-0.15, -0.1) is 0 Å². The van der Waals surface area contributed by atoms with Crippen molar-refractivity contribution in [1.29, 1.82) is 0 Å². The molecular weight excluding hydrogens is 586 g/mol. The first-order valence-electron chi connectivity index (χ1n) is 10.9. The van der Waals surface area contributed by atoms with Crippen molar-refractivity contribution in [3.63, 3.8) is 0 Å². The zero-order valence-electron chi connectivity index (χ0n) is 20.4. The van der Waals surface area contributed by atoms with Gasteiger partial charge in [-0.2, -0.15) is 12.8 Å². The van der Waals surface area contributed by atoms with Crippen molar-refractivity contribution in [1.82, 2.24) is 18.9 Å². The Morgan fingerprint density at radius 2 is 1.97 bits per heavy atom. The number of ether oxygens (including phenoxy) is 2. The molecule has 196 valence electrons. The van der Waals surface area contributed by atoms with Gasteiger partial charge in [-0.3, -0.25) is 0 Å². The predicted molar refractivity (Wildman–Crippen MR) is 141 cm³/mol. The van der Waals surface area contributed by atoms with Crippen LogP contribution < -0.4 is 9.04 Å². The fraction of sp³-hybridized carbons (Fsp3) is 0.304. The number of rotatable bonds is 7. The molecule has 0 atom stereocenters. The van der Waals surface area contributed by atoms with Crippen molar-refractivity contribution in [2.75, 3.05) is 11.4 Å². The van der Waals surface area contributed by atoms with Crippen LogP contribution in [0.1, 0.15) is 31.9 Å². The number of halogens is 1. The van der Waals surface area contributed by atoms with Crippen LogP contribution in [0.15, 0.2) is 52.4 Å². The topological polar surface area (TPSA) is 137 Å². The van der Waals surface area contributed by atoms with Gasteiger partial charge in [0.2, 0.25) is 5.13 Å². The van der Waals surface area contributed by atoms with E-state index in [0.717, 1.165) is 20.4 Å². The van der Waals surface area contributed by atoms with Crippen LogP contribution in [0, 0.1) is 0 Å². The first-order valence-corrected chi connectivity index (χ1v) is 13.9. The first kappa shape index (κ1) is 27.0. The van der Waals surface area contributed by atoms with Crippen molar-refractivity contribution < 1.29 is 27.8 Å². The molecule has 3 aromatic heterocycles. The molecule has 0 aliphatic carbocycles. The molecular formula is C23H24BrN5O6S2. The Kier molecular flexibility index (Phi) is 7.55. The molecule has 0 saturated carbocycles. The molecule has 37 heavy (non-hydrogen) atoms. The van der Waals surface area contributed by atoms with Crippen molar-refractivity contribution >= 4 is 59.7 Å². The summed E-state index contributed by atoms with van der Waals surface area (Å²) in [6.45, 7) is 4.73. The van der Waals surface area contributed by atoms with E-state index in [4.69, 9.17) is 9.47 Å². The fourth-order valence-electron chi connectivity index (χ4n) is 3.47. The number of aromatic nitrogens is 4. The van der Waals surface area contributed by atoms with Gasteiger partial charge in [-0.05, 0) is 72.1 Å².